The Morgan fingerprint density at radius 1 is 0.721 bits per heavy atom. The molecule has 0 saturated carbocycles. The van der Waals surface area contributed by atoms with Gasteiger partial charge in [-0.1, -0.05) is 74.5 Å². The van der Waals surface area contributed by atoms with Crippen molar-refractivity contribution in [1.82, 2.24) is 52.6 Å². The van der Waals surface area contributed by atoms with Crippen molar-refractivity contribution in [3.63, 3.8) is 0 Å². The Kier molecular flexibility index (Phi) is 20.2. The van der Waals surface area contributed by atoms with Gasteiger partial charge in [0.1, 0.15) is 36.3 Å². The predicted molar refractivity (Wildman–Crippen MR) is 243 cm³/mol. The fourth-order valence-electron chi connectivity index (χ4n) is 7.65. The maximum atomic E-state index is 13.9. The molecule has 0 aliphatic carbocycles. The Morgan fingerprint density at radius 3 is 1.88 bits per heavy atom. The normalized spacial score (nSPS) is 18.1. The summed E-state index contributed by atoms with van der Waals surface area (Å²) in [4.78, 5) is 132. The van der Waals surface area contributed by atoms with E-state index in [2.05, 4.69) is 42.6 Å². The topological polar surface area (TPSA) is 340 Å². The summed E-state index contributed by atoms with van der Waals surface area (Å²) in [6.07, 6.45) is -0.437. The van der Waals surface area contributed by atoms with Gasteiger partial charge in [0.25, 0.3) is 5.91 Å². The number of hydrogen-bond donors (Lipinski definition) is 11. The summed E-state index contributed by atoms with van der Waals surface area (Å²) < 4.78 is 0. The molecule has 0 bridgehead atoms. The van der Waals surface area contributed by atoms with E-state index in [1.165, 1.54) is 18.9 Å². The highest BCUT2D eigenvalue weighted by Gasteiger charge is 2.38. The van der Waals surface area contributed by atoms with Gasteiger partial charge in [-0.25, -0.2) is 9.80 Å². The number of benzene rings is 2. The minimum atomic E-state index is -1.74. The number of hydrazine groups is 1. The summed E-state index contributed by atoms with van der Waals surface area (Å²) >= 11 is 0. The zero-order valence-corrected chi connectivity index (χ0v) is 38.5. The average Bonchev–Trinajstić information content (AvgIpc) is 4.03. The number of urea groups is 1. The van der Waals surface area contributed by atoms with E-state index in [1.54, 1.807) is 74.5 Å². The summed E-state index contributed by atoms with van der Waals surface area (Å²) in [7, 11) is 1.25. The molecule has 68 heavy (non-hydrogen) atoms. The maximum Gasteiger partial charge on any atom is 0.336 e. The van der Waals surface area contributed by atoms with Crippen LogP contribution in [-0.4, -0.2) is 154 Å². The highest BCUT2D eigenvalue weighted by molar-refractivity contribution is 5.98. The first-order chi connectivity index (χ1) is 32.2. The summed E-state index contributed by atoms with van der Waals surface area (Å²) in [5, 5.41) is 38.4. The Balaban J connectivity index is 1.38. The molecular weight excluding hydrogens is 887 g/mol. The van der Waals surface area contributed by atoms with Crippen LogP contribution in [0.25, 0.3) is 0 Å². The molecule has 2 heterocycles. The Morgan fingerprint density at radius 2 is 1.34 bits per heavy atom. The number of nitrogens with two attached hydrogens (primary N) is 1. The molecule has 0 aromatic heterocycles. The highest BCUT2D eigenvalue weighted by Crippen LogP contribution is 2.18. The molecule has 12 N–H and O–H groups in total. The molecule has 10 amide bonds. The van der Waals surface area contributed by atoms with E-state index in [0.29, 0.717) is 24.9 Å². The first-order valence-electron chi connectivity index (χ1n) is 22.4. The third kappa shape index (κ3) is 16.0. The van der Waals surface area contributed by atoms with Gasteiger partial charge in [0, 0.05) is 26.4 Å². The van der Waals surface area contributed by atoms with Gasteiger partial charge in [-0.3, -0.25) is 48.6 Å². The van der Waals surface area contributed by atoms with Crippen molar-refractivity contribution < 1.29 is 58.2 Å². The van der Waals surface area contributed by atoms with Crippen molar-refractivity contribution in [2.75, 3.05) is 26.7 Å². The van der Waals surface area contributed by atoms with Gasteiger partial charge in [-0.05, 0) is 56.2 Å². The van der Waals surface area contributed by atoms with Crippen molar-refractivity contribution in [3.8, 4) is 0 Å². The van der Waals surface area contributed by atoms with Crippen LogP contribution < -0.4 is 48.4 Å². The number of hydrogen-bond acceptors (Lipinski definition) is 12. The van der Waals surface area contributed by atoms with E-state index < -0.39 is 127 Å². The minimum Gasteiger partial charge on any atom is -0.481 e. The molecule has 2 aromatic rings. The lowest BCUT2D eigenvalue weighted by Crippen LogP contribution is -2.61. The van der Waals surface area contributed by atoms with Crippen LogP contribution in [0.1, 0.15) is 64.0 Å². The zero-order chi connectivity index (χ0) is 50.1. The molecule has 0 spiro atoms. The monoisotopic (exact) mass is 949 g/mol. The lowest BCUT2D eigenvalue weighted by molar-refractivity contribution is -0.142. The second-order valence-corrected chi connectivity index (χ2v) is 17.1. The second-order valence-electron chi connectivity index (χ2n) is 17.1. The molecule has 23 heteroatoms. The zero-order valence-electron chi connectivity index (χ0n) is 38.5. The van der Waals surface area contributed by atoms with Crippen LogP contribution in [0.3, 0.4) is 0 Å². The van der Waals surface area contributed by atoms with Crippen LogP contribution in [-0.2, 0) is 56.0 Å². The fraction of sp³-hybridized carbons (Fsp3) is 0.511. The third-order valence-electron chi connectivity index (χ3n) is 11.4. The summed E-state index contributed by atoms with van der Waals surface area (Å²) in [5.74, 6) is -8.55. The molecule has 2 aliphatic rings. The molecule has 0 radical (unpaired) electrons. The average molecular weight is 950 g/mol. The molecule has 0 unspecified atom stereocenters. The lowest BCUT2D eigenvalue weighted by atomic mass is 10.0. The number of aliphatic hydroxyl groups excluding tert-OH is 1. The predicted octanol–water partition coefficient (Wildman–Crippen LogP) is -2.69. The number of nitrogens with zero attached hydrogens (tertiary/aromatic N) is 2. The van der Waals surface area contributed by atoms with E-state index in [0.717, 1.165) is 17.0 Å². The summed E-state index contributed by atoms with van der Waals surface area (Å²) in [6.45, 7) is 4.48. The number of aliphatic hydroxyl groups is 1. The lowest BCUT2D eigenvalue weighted by Gasteiger charge is -2.29. The van der Waals surface area contributed by atoms with Gasteiger partial charge in [-0.15, -0.1) is 0 Å². The third-order valence-corrected chi connectivity index (χ3v) is 11.4. The number of amides is 10. The molecule has 2 fully saturated rings. The SMILES string of the molecule is CC(C)[C@H](NC(=O)[C@H](CC(=O)O)NC(=O)[C@@H](NC(=O)[C@@H]1CCCN1)[C@@H](C)O)C(=O)NCC(=O)N1CCC[C@H]1C(=O)N[C@@H](Cc1ccccc1)C(=O)NN(C)C(=O)N[C@@H](Cc1ccccc1)C(N)=O. The smallest absolute Gasteiger partial charge is 0.336 e. The number of nitrogens with one attached hydrogen (secondary N) is 8. The van der Waals surface area contributed by atoms with Crippen LogP contribution in [0.2, 0.25) is 0 Å². The van der Waals surface area contributed by atoms with E-state index in [4.69, 9.17) is 5.73 Å². The number of primary amides is 1. The van der Waals surface area contributed by atoms with Crippen molar-refractivity contribution in [1.29, 1.82) is 0 Å². The van der Waals surface area contributed by atoms with Gasteiger partial charge in [0.05, 0.1) is 25.1 Å². The number of aliphatic carboxylic acids is 1. The number of carbonyl (C=O) groups excluding carboxylic acids is 9. The molecule has 2 aliphatic heterocycles. The van der Waals surface area contributed by atoms with Crippen LogP contribution in [0, 0.1) is 5.92 Å². The number of likely N-dealkylation sites (tertiary alicyclic amines) is 1. The Bertz CT molecular complexity index is 2120. The molecule has 4 rings (SSSR count). The molecule has 2 saturated heterocycles. The van der Waals surface area contributed by atoms with Crippen LogP contribution in [0.15, 0.2) is 60.7 Å². The van der Waals surface area contributed by atoms with E-state index >= 15 is 0 Å². The van der Waals surface area contributed by atoms with Gasteiger partial charge in [0.2, 0.25) is 41.4 Å². The number of carbonyl (C=O) groups is 10. The van der Waals surface area contributed by atoms with Crippen molar-refractivity contribution in [2.45, 2.75) is 114 Å². The second kappa shape index (κ2) is 25.7. The maximum absolute atomic E-state index is 13.9. The van der Waals surface area contributed by atoms with E-state index in [1.807, 2.05) is 0 Å². The molecule has 8 atom stereocenters. The molecular formula is C45H63N11O12. The first-order valence-corrected chi connectivity index (χ1v) is 22.4. The number of carboxylic acid groups (broad SMARTS) is 1. The van der Waals surface area contributed by atoms with E-state index in [9.17, 15) is 58.2 Å². The summed E-state index contributed by atoms with van der Waals surface area (Å²) in [5.41, 5.74) is 9.38. The first kappa shape index (κ1) is 53.5. The molecule has 2 aromatic carbocycles. The standard InChI is InChI=1S/C45H63N11O12/c1-25(2)36(52-40(63)32(23-35(59)60)50-44(67)37(26(3)57)53-39(62)29-17-11-19-47-29)43(66)48-24-34(58)56-20-12-18-33(56)42(65)49-31(22-28-15-9-6-10-16-28)41(64)54-55(4)45(68)51-30(38(46)61)21-27-13-7-5-8-14-27/h5-10,13-16,25-26,29-33,36-37,47,57H,11-12,17-24H2,1-4H3,(H2,46,61)(H,48,66)(H,49,65)(H,50,67)(H,51,68)(H,52,63)(H,53,62)(H,54,64)(H,59,60)/t26-,29+,30+,31+,32+,33+,36+,37+/m1/s1. The van der Waals surface area contributed by atoms with Crippen LogP contribution in [0.5, 0.6) is 0 Å². The van der Waals surface area contributed by atoms with Gasteiger partial charge in [0.15, 0.2) is 0 Å². The van der Waals surface area contributed by atoms with Crippen molar-refractivity contribution in [3.05, 3.63) is 71.8 Å². The molecule has 23 nitrogen and oxygen atoms in total. The Hall–Kier alpha value is -7.14. The van der Waals surface area contributed by atoms with Gasteiger partial charge < -0.3 is 58.1 Å². The number of carboxylic acids is 1. The minimum absolute atomic E-state index is 0.0162. The quantitative estimate of drug-likeness (QED) is 0.0537. The summed E-state index contributed by atoms with van der Waals surface area (Å²) in [6, 6.07) is 8.04. The van der Waals surface area contributed by atoms with Crippen molar-refractivity contribution in [2.24, 2.45) is 11.7 Å². The Labute approximate surface area is 393 Å². The number of rotatable bonds is 22. The fourth-order valence-corrected chi connectivity index (χ4v) is 7.65. The van der Waals surface area contributed by atoms with Gasteiger partial charge in [-0.2, -0.15) is 0 Å². The van der Waals surface area contributed by atoms with E-state index in [-0.39, 0.29) is 25.8 Å². The van der Waals surface area contributed by atoms with Crippen molar-refractivity contribution >= 4 is 59.3 Å². The van der Waals surface area contributed by atoms with Crippen LogP contribution in [0.4, 0.5) is 4.79 Å². The van der Waals surface area contributed by atoms with Gasteiger partial charge >= 0.3 is 12.0 Å². The largest absolute Gasteiger partial charge is 0.481 e. The highest BCUT2D eigenvalue weighted by atomic mass is 16.4. The molecule has 370 valence electrons. The van der Waals surface area contributed by atoms with Crippen LogP contribution >= 0.6 is 0 Å².